The van der Waals surface area contributed by atoms with Gasteiger partial charge in [-0.2, -0.15) is 0 Å². The smallest absolute Gasteiger partial charge is 0.322 e. The number of nitrogens with two attached hydrogens (primary N) is 1. The second-order valence-corrected chi connectivity index (χ2v) is 6.44. The molecule has 3 N–H and O–H groups in total. The molecule has 0 aromatic carbocycles. The number of carbonyl (C=O) groups is 1. The van der Waals surface area contributed by atoms with Crippen molar-refractivity contribution in [3.8, 4) is 0 Å². The third kappa shape index (κ3) is 4.78. The highest BCUT2D eigenvalue weighted by molar-refractivity contribution is 5.90. The van der Waals surface area contributed by atoms with E-state index in [-0.39, 0.29) is 17.3 Å². The van der Waals surface area contributed by atoms with E-state index in [4.69, 9.17) is 10.2 Å². The van der Waals surface area contributed by atoms with Crippen LogP contribution in [0.2, 0.25) is 0 Å². The van der Waals surface area contributed by atoms with E-state index in [9.17, 15) is 4.79 Å². The van der Waals surface area contributed by atoms with Gasteiger partial charge in [0.05, 0.1) is 6.54 Å². The fraction of sp³-hybridized carbons (Fsp3) is 0.786. The minimum Gasteiger partial charge on any atom is -0.408 e. The highest BCUT2D eigenvalue weighted by Crippen LogP contribution is 2.39. The van der Waals surface area contributed by atoms with E-state index in [1.165, 1.54) is 0 Å². The van der Waals surface area contributed by atoms with Gasteiger partial charge in [-0.1, -0.05) is 25.9 Å². The van der Waals surface area contributed by atoms with Crippen LogP contribution in [0.5, 0.6) is 0 Å². The Labute approximate surface area is 125 Å². The summed E-state index contributed by atoms with van der Waals surface area (Å²) >= 11 is 0. The molecule has 1 heterocycles. The van der Waals surface area contributed by atoms with E-state index < -0.39 is 0 Å². The fourth-order valence-corrected chi connectivity index (χ4v) is 2.09. The van der Waals surface area contributed by atoms with E-state index in [0.29, 0.717) is 24.9 Å². The van der Waals surface area contributed by atoms with Gasteiger partial charge in [-0.25, -0.2) is 0 Å². The summed E-state index contributed by atoms with van der Waals surface area (Å²) in [6.07, 6.45) is 2.18. The number of hydrogen-bond acceptors (Lipinski definition) is 6. The van der Waals surface area contributed by atoms with Crippen molar-refractivity contribution in [2.75, 3.05) is 31.5 Å². The van der Waals surface area contributed by atoms with Crippen molar-refractivity contribution in [2.45, 2.75) is 39.5 Å². The van der Waals surface area contributed by atoms with Gasteiger partial charge >= 0.3 is 6.01 Å². The van der Waals surface area contributed by atoms with E-state index in [2.05, 4.69) is 34.3 Å². The number of carbonyl (C=O) groups excluding carboxylic acids is 1. The van der Waals surface area contributed by atoms with Gasteiger partial charge in [0, 0.05) is 12.5 Å². The molecule has 7 nitrogen and oxygen atoms in total. The quantitative estimate of drug-likeness (QED) is 0.747. The van der Waals surface area contributed by atoms with Crippen LogP contribution >= 0.6 is 0 Å². The zero-order valence-electron chi connectivity index (χ0n) is 13.1. The normalized spacial score (nSPS) is 15.5. The maximum Gasteiger partial charge on any atom is 0.322 e. The predicted octanol–water partition coefficient (Wildman–Crippen LogP) is 1.19. The van der Waals surface area contributed by atoms with Crippen LogP contribution in [0.1, 0.15) is 45.4 Å². The highest BCUT2D eigenvalue weighted by atomic mass is 16.4. The molecule has 118 valence electrons. The Kier molecular flexibility index (Phi) is 4.95. The molecule has 1 aromatic heterocycles. The van der Waals surface area contributed by atoms with Gasteiger partial charge in [-0.05, 0) is 31.3 Å². The maximum atomic E-state index is 12.0. The van der Waals surface area contributed by atoms with Gasteiger partial charge in [0.2, 0.25) is 11.8 Å². The average molecular weight is 295 g/mol. The SMILES string of the molecule is CCN(CC(=O)Nc1nnc(C2CC2)o1)CC(C)(C)CN. The van der Waals surface area contributed by atoms with Crippen LogP contribution in [-0.4, -0.2) is 47.2 Å². The van der Waals surface area contributed by atoms with Crippen LogP contribution in [-0.2, 0) is 4.79 Å². The summed E-state index contributed by atoms with van der Waals surface area (Å²) in [5.41, 5.74) is 5.73. The molecule has 2 rings (SSSR count). The molecule has 1 aromatic rings. The Hall–Kier alpha value is -1.47. The molecule has 21 heavy (non-hydrogen) atoms. The van der Waals surface area contributed by atoms with Crippen molar-refractivity contribution in [3.05, 3.63) is 5.89 Å². The number of anilines is 1. The van der Waals surface area contributed by atoms with Gasteiger partial charge in [0.25, 0.3) is 0 Å². The largest absolute Gasteiger partial charge is 0.408 e. The number of nitrogens with zero attached hydrogens (tertiary/aromatic N) is 3. The number of rotatable bonds is 8. The molecule has 1 fully saturated rings. The Morgan fingerprint density at radius 2 is 2.19 bits per heavy atom. The third-order valence-corrected chi connectivity index (χ3v) is 3.63. The standard InChI is InChI=1S/C14H25N5O2/c1-4-19(9-14(2,3)8-15)7-11(20)16-13-18-17-12(21-13)10-5-6-10/h10H,4-9,15H2,1-3H3,(H,16,18,20). The zero-order valence-corrected chi connectivity index (χ0v) is 13.1. The van der Waals surface area contributed by atoms with Gasteiger partial charge in [0.1, 0.15) is 0 Å². The maximum absolute atomic E-state index is 12.0. The van der Waals surface area contributed by atoms with Gasteiger partial charge < -0.3 is 10.2 Å². The van der Waals surface area contributed by atoms with Crippen LogP contribution in [0.15, 0.2) is 4.42 Å². The second kappa shape index (κ2) is 6.53. The number of nitrogens with one attached hydrogen (secondary N) is 1. The monoisotopic (exact) mass is 295 g/mol. The van der Waals surface area contributed by atoms with Gasteiger partial charge in [0.15, 0.2) is 0 Å². The Bertz CT molecular complexity index is 481. The van der Waals surface area contributed by atoms with Crippen molar-refractivity contribution in [1.82, 2.24) is 15.1 Å². The van der Waals surface area contributed by atoms with Crippen LogP contribution in [0.3, 0.4) is 0 Å². The van der Waals surface area contributed by atoms with E-state index in [1.54, 1.807) is 0 Å². The first-order valence-corrected chi connectivity index (χ1v) is 7.49. The lowest BCUT2D eigenvalue weighted by molar-refractivity contribution is -0.117. The van der Waals surface area contributed by atoms with Crippen molar-refractivity contribution < 1.29 is 9.21 Å². The molecule has 7 heteroatoms. The molecule has 1 amide bonds. The molecule has 1 aliphatic carbocycles. The lowest BCUT2D eigenvalue weighted by Gasteiger charge is -2.30. The summed E-state index contributed by atoms with van der Waals surface area (Å²) in [7, 11) is 0. The number of aromatic nitrogens is 2. The molecular formula is C14H25N5O2. The van der Waals surface area contributed by atoms with Crippen molar-refractivity contribution in [2.24, 2.45) is 11.1 Å². The third-order valence-electron chi connectivity index (χ3n) is 3.63. The summed E-state index contributed by atoms with van der Waals surface area (Å²) in [5, 5.41) is 10.5. The topological polar surface area (TPSA) is 97.3 Å². The molecule has 1 aliphatic rings. The summed E-state index contributed by atoms with van der Waals surface area (Å²) in [4.78, 5) is 14.1. The Morgan fingerprint density at radius 3 is 2.76 bits per heavy atom. The second-order valence-electron chi connectivity index (χ2n) is 6.44. The fourth-order valence-electron chi connectivity index (χ4n) is 2.09. The predicted molar refractivity (Wildman–Crippen MR) is 79.9 cm³/mol. The first-order chi connectivity index (χ1) is 9.93. The molecule has 0 aliphatic heterocycles. The van der Waals surface area contributed by atoms with E-state index >= 15 is 0 Å². The zero-order chi connectivity index (χ0) is 15.5. The van der Waals surface area contributed by atoms with Crippen molar-refractivity contribution >= 4 is 11.9 Å². The van der Waals surface area contributed by atoms with Crippen LogP contribution in [0, 0.1) is 5.41 Å². The minimum absolute atomic E-state index is 0.0140. The molecule has 0 atom stereocenters. The molecule has 0 radical (unpaired) electrons. The van der Waals surface area contributed by atoms with Gasteiger partial charge in [-0.3, -0.25) is 15.0 Å². The first kappa shape index (κ1) is 15.9. The Morgan fingerprint density at radius 1 is 1.48 bits per heavy atom. The summed E-state index contributed by atoms with van der Waals surface area (Å²) in [5.74, 6) is 0.873. The number of amides is 1. The molecule has 0 spiro atoms. The van der Waals surface area contributed by atoms with Crippen molar-refractivity contribution in [1.29, 1.82) is 0 Å². The van der Waals surface area contributed by atoms with Crippen molar-refractivity contribution in [3.63, 3.8) is 0 Å². The molecule has 0 unspecified atom stereocenters. The highest BCUT2D eigenvalue weighted by Gasteiger charge is 2.29. The number of hydrogen-bond donors (Lipinski definition) is 2. The average Bonchev–Trinajstić information content (AvgIpc) is 3.19. The minimum atomic E-state index is -0.143. The molecule has 1 saturated carbocycles. The molecule has 0 saturated heterocycles. The molecular weight excluding hydrogens is 270 g/mol. The lowest BCUT2D eigenvalue weighted by Crippen LogP contribution is -2.42. The van der Waals surface area contributed by atoms with E-state index in [0.717, 1.165) is 25.9 Å². The van der Waals surface area contributed by atoms with Crippen LogP contribution < -0.4 is 11.1 Å². The van der Waals surface area contributed by atoms with Gasteiger partial charge in [-0.15, -0.1) is 5.10 Å². The Balaban J connectivity index is 1.83. The lowest BCUT2D eigenvalue weighted by atomic mass is 9.93. The van der Waals surface area contributed by atoms with E-state index in [1.807, 2.05) is 6.92 Å². The summed E-state index contributed by atoms with van der Waals surface area (Å²) in [6.45, 7) is 8.64. The summed E-state index contributed by atoms with van der Waals surface area (Å²) in [6, 6.07) is 0.191. The number of likely N-dealkylation sites (N-methyl/N-ethyl adjacent to an activating group) is 1. The van der Waals surface area contributed by atoms with Crippen LogP contribution in [0.25, 0.3) is 0 Å². The first-order valence-electron chi connectivity index (χ1n) is 7.49. The summed E-state index contributed by atoms with van der Waals surface area (Å²) < 4.78 is 5.42. The van der Waals surface area contributed by atoms with Crippen LogP contribution in [0.4, 0.5) is 6.01 Å². The molecule has 0 bridgehead atoms.